The number of nitrogens with two attached hydrogens (primary N) is 1. The zero-order valence-corrected chi connectivity index (χ0v) is 11.5. The Morgan fingerprint density at radius 3 is 2.60 bits per heavy atom. The predicted molar refractivity (Wildman–Crippen MR) is 77.9 cm³/mol. The second kappa shape index (κ2) is 4.85. The molecule has 0 saturated heterocycles. The van der Waals surface area contributed by atoms with E-state index in [-0.39, 0.29) is 0 Å². The van der Waals surface area contributed by atoms with E-state index in [9.17, 15) is 0 Å². The highest BCUT2D eigenvalue weighted by molar-refractivity contribution is 5.68. The van der Waals surface area contributed by atoms with Crippen molar-refractivity contribution >= 4 is 11.3 Å². The molecule has 2 heterocycles. The van der Waals surface area contributed by atoms with E-state index in [1.54, 1.807) is 7.11 Å². The van der Waals surface area contributed by atoms with Gasteiger partial charge in [0, 0.05) is 12.6 Å². The largest absolute Gasteiger partial charge is 0.497 e. The zero-order valence-electron chi connectivity index (χ0n) is 11.5. The summed E-state index contributed by atoms with van der Waals surface area (Å²) in [6.07, 6.45) is 2.66. The van der Waals surface area contributed by atoms with Gasteiger partial charge in [-0.25, -0.2) is 0 Å². The molecule has 1 aromatic carbocycles. The third-order valence-corrected chi connectivity index (χ3v) is 3.43. The van der Waals surface area contributed by atoms with Crippen molar-refractivity contribution < 1.29 is 4.74 Å². The van der Waals surface area contributed by atoms with Crippen molar-refractivity contribution in [3.63, 3.8) is 0 Å². The second-order valence-corrected chi connectivity index (χ2v) is 4.75. The number of nitrogens with zero attached hydrogens (tertiary/aromatic N) is 3. The number of ether oxygens (including phenoxy) is 1. The van der Waals surface area contributed by atoms with Gasteiger partial charge in [-0.1, -0.05) is 12.1 Å². The first-order valence-electron chi connectivity index (χ1n) is 6.40. The first kappa shape index (κ1) is 12.5. The SMILES string of the molecule is COc1ccc(Cc2nnc3c(N)c(C)ccn23)cc1. The summed E-state index contributed by atoms with van der Waals surface area (Å²) in [6, 6.07) is 9.91. The maximum Gasteiger partial charge on any atom is 0.184 e. The van der Waals surface area contributed by atoms with Crippen molar-refractivity contribution in [1.29, 1.82) is 0 Å². The number of aryl methyl sites for hydroxylation is 1. The van der Waals surface area contributed by atoms with E-state index in [0.29, 0.717) is 17.8 Å². The van der Waals surface area contributed by atoms with Crippen LogP contribution in [0.5, 0.6) is 5.75 Å². The predicted octanol–water partition coefficient (Wildman–Crippen LogP) is 2.22. The van der Waals surface area contributed by atoms with Gasteiger partial charge in [0.05, 0.1) is 12.8 Å². The fraction of sp³-hybridized carbons (Fsp3) is 0.200. The Labute approximate surface area is 117 Å². The number of nitrogen functional groups attached to an aromatic ring is 1. The number of anilines is 1. The molecule has 0 atom stereocenters. The van der Waals surface area contributed by atoms with Gasteiger partial charge in [0.25, 0.3) is 0 Å². The Morgan fingerprint density at radius 1 is 1.15 bits per heavy atom. The van der Waals surface area contributed by atoms with Gasteiger partial charge in [-0.3, -0.25) is 4.40 Å². The molecular formula is C15H16N4O. The van der Waals surface area contributed by atoms with Crippen LogP contribution in [-0.2, 0) is 6.42 Å². The van der Waals surface area contributed by atoms with E-state index in [0.717, 1.165) is 22.7 Å². The summed E-state index contributed by atoms with van der Waals surface area (Å²) in [5, 5.41) is 8.41. The lowest BCUT2D eigenvalue weighted by Crippen LogP contribution is -1.99. The highest BCUT2D eigenvalue weighted by Gasteiger charge is 2.10. The van der Waals surface area contributed by atoms with Crippen LogP contribution in [0.15, 0.2) is 36.5 Å². The molecule has 5 nitrogen and oxygen atoms in total. The molecule has 2 N–H and O–H groups in total. The molecule has 0 fully saturated rings. The van der Waals surface area contributed by atoms with Crippen molar-refractivity contribution in [3.05, 3.63) is 53.5 Å². The van der Waals surface area contributed by atoms with Crippen LogP contribution in [0.4, 0.5) is 5.69 Å². The molecule has 0 unspecified atom stereocenters. The average molecular weight is 268 g/mol. The van der Waals surface area contributed by atoms with Gasteiger partial charge in [0.1, 0.15) is 11.6 Å². The van der Waals surface area contributed by atoms with E-state index in [1.165, 1.54) is 0 Å². The van der Waals surface area contributed by atoms with Crippen molar-refractivity contribution in [2.24, 2.45) is 0 Å². The zero-order chi connectivity index (χ0) is 14.1. The number of rotatable bonds is 3. The van der Waals surface area contributed by atoms with Crippen LogP contribution in [0.25, 0.3) is 5.65 Å². The average Bonchev–Trinajstić information content (AvgIpc) is 2.87. The number of benzene rings is 1. The number of pyridine rings is 1. The van der Waals surface area contributed by atoms with E-state index >= 15 is 0 Å². The van der Waals surface area contributed by atoms with Crippen molar-refractivity contribution in [1.82, 2.24) is 14.6 Å². The molecule has 0 spiro atoms. The minimum atomic E-state index is 0.681. The Balaban J connectivity index is 1.96. The van der Waals surface area contributed by atoms with Crippen LogP contribution in [0, 0.1) is 6.92 Å². The minimum absolute atomic E-state index is 0.681. The Kier molecular flexibility index (Phi) is 3.02. The molecule has 0 bridgehead atoms. The maximum absolute atomic E-state index is 6.02. The third-order valence-electron chi connectivity index (χ3n) is 3.43. The summed E-state index contributed by atoms with van der Waals surface area (Å²) in [5.74, 6) is 1.72. The van der Waals surface area contributed by atoms with Gasteiger partial charge in [0.15, 0.2) is 5.65 Å². The molecule has 0 saturated carbocycles. The smallest absolute Gasteiger partial charge is 0.184 e. The van der Waals surface area contributed by atoms with Crippen LogP contribution in [-0.4, -0.2) is 21.7 Å². The molecule has 20 heavy (non-hydrogen) atoms. The van der Waals surface area contributed by atoms with E-state index in [4.69, 9.17) is 10.5 Å². The molecule has 3 aromatic rings. The first-order valence-corrected chi connectivity index (χ1v) is 6.40. The van der Waals surface area contributed by atoms with E-state index in [1.807, 2.05) is 47.9 Å². The first-order chi connectivity index (χ1) is 9.69. The Morgan fingerprint density at radius 2 is 1.90 bits per heavy atom. The van der Waals surface area contributed by atoms with Gasteiger partial charge in [-0.2, -0.15) is 0 Å². The highest BCUT2D eigenvalue weighted by Crippen LogP contribution is 2.19. The maximum atomic E-state index is 6.02. The monoisotopic (exact) mass is 268 g/mol. The standard InChI is InChI=1S/C15H16N4O/c1-10-7-8-19-13(17-18-15(19)14(10)16)9-11-3-5-12(20-2)6-4-11/h3-8H,9,16H2,1-2H3. The van der Waals surface area contributed by atoms with Gasteiger partial charge in [0.2, 0.25) is 0 Å². The van der Waals surface area contributed by atoms with Gasteiger partial charge in [-0.15, -0.1) is 10.2 Å². The Hall–Kier alpha value is -2.56. The van der Waals surface area contributed by atoms with Crippen molar-refractivity contribution in [2.45, 2.75) is 13.3 Å². The minimum Gasteiger partial charge on any atom is -0.497 e. The lowest BCUT2D eigenvalue weighted by atomic mass is 10.1. The van der Waals surface area contributed by atoms with E-state index < -0.39 is 0 Å². The number of fused-ring (bicyclic) bond motifs is 1. The van der Waals surface area contributed by atoms with Gasteiger partial charge in [-0.05, 0) is 36.2 Å². The van der Waals surface area contributed by atoms with Crippen molar-refractivity contribution in [3.8, 4) is 5.75 Å². The number of hydrogen-bond acceptors (Lipinski definition) is 4. The summed E-state index contributed by atoms with van der Waals surface area (Å²) in [5.41, 5.74) is 9.59. The summed E-state index contributed by atoms with van der Waals surface area (Å²) in [6.45, 7) is 1.97. The number of methoxy groups -OCH3 is 1. The summed E-state index contributed by atoms with van der Waals surface area (Å²) >= 11 is 0. The van der Waals surface area contributed by atoms with Crippen LogP contribution in [0.3, 0.4) is 0 Å². The van der Waals surface area contributed by atoms with Crippen molar-refractivity contribution in [2.75, 3.05) is 12.8 Å². The molecule has 0 aliphatic rings. The summed E-state index contributed by atoms with van der Waals surface area (Å²) < 4.78 is 7.09. The van der Waals surface area contributed by atoms with Crippen LogP contribution < -0.4 is 10.5 Å². The van der Waals surface area contributed by atoms with Crippen LogP contribution in [0.2, 0.25) is 0 Å². The second-order valence-electron chi connectivity index (χ2n) is 4.75. The molecule has 0 aliphatic heterocycles. The quantitative estimate of drug-likeness (QED) is 0.791. The van der Waals surface area contributed by atoms with Gasteiger partial charge >= 0.3 is 0 Å². The summed E-state index contributed by atoms with van der Waals surface area (Å²) in [4.78, 5) is 0. The summed E-state index contributed by atoms with van der Waals surface area (Å²) in [7, 11) is 1.66. The molecule has 102 valence electrons. The van der Waals surface area contributed by atoms with Gasteiger partial charge < -0.3 is 10.5 Å². The lowest BCUT2D eigenvalue weighted by molar-refractivity contribution is 0.414. The number of hydrogen-bond donors (Lipinski definition) is 1. The third kappa shape index (κ3) is 2.07. The van der Waals surface area contributed by atoms with Crippen LogP contribution in [0.1, 0.15) is 17.0 Å². The topological polar surface area (TPSA) is 65.4 Å². The molecule has 0 radical (unpaired) electrons. The fourth-order valence-electron chi connectivity index (χ4n) is 2.16. The normalized spacial score (nSPS) is 10.9. The molecular weight excluding hydrogens is 252 g/mol. The van der Waals surface area contributed by atoms with Crippen LogP contribution >= 0.6 is 0 Å². The molecule has 0 amide bonds. The lowest BCUT2D eigenvalue weighted by Gasteiger charge is -2.04. The molecule has 5 heteroatoms. The fourth-order valence-corrected chi connectivity index (χ4v) is 2.16. The number of aromatic nitrogens is 3. The molecule has 2 aromatic heterocycles. The highest BCUT2D eigenvalue weighted by atomic mass is 16.5. The molecule has 3 rings (SSSR count). The molecule has 0 aliphatic carbocycles. The Bertz CT molecular complexity index is 746. The van der Waals surface area contributed by atoms with E-state index in [2.05, 4.69) is 10.2 Å².